The molecule has 0 aliphatic carbocycles. The third-order valence-corrected chi connectivity index (χ3v) is 6.35. The number of carbonyl (C=O) groups excluding carboxylic acids is 2. The van der Waals surface area contributed by atoms with Crippen LogP contribution in [0.25, 0.3) is 0 Å². The highest BCUT2D eigenvalue weighted by Gasteiger charge is 2.43. The number of aryl methyl sites for hydroxylation is 3. The van der Waals surface area contributed by atoms with Crippen LogP contribution in [0.5, 0.6) is 0 Å². The zero-order valence-corrected chi connectivity index (χ0v) is 18.7. The highest BCUT2D eigenvalue weighted by molar-refractivity contribution is 9.10. The molecule has 1 aliphatic rings. The second-order valence-corrected chi connectivity index (χ2v) is 8.46. The Bertz CT molecular complexity index is 1140. The molecule has 0 fully saturated rings. The molecule has 5 nitrogen and oxygen atoms in total. The topological polar surface area (TPSA) is 53.3 Å². The molecule has 1 N–H and O–H groups in total. The van der Waals surface area contributed by atoms with E-state index in [1.807, 2.05) is 86.1 Å². The van der Waals surface area contributed by atoms with E-state index < -0.39 is 6.04 Å². The molecular weight excluding hydrogens is 442 g/mol. The number of halogens is 1. The van der Waals surface area contributed by atoms with Crippen LogP contribution in [0.2, 0.25) is 0 Å². The van der Waals surface area contributed by atoms with Crippen molar-refractivity contribution in [3.63, 3.8) is 0 Å². The number of carbonyl (C=O) groups is 2. The molecule has 0 radical (unpaired) electrons. The van der Waals surface area contributed by atoms with Crippen LogP contribution in [-0.2, 0) is 16.1 Å². The van der Waals surface area contributed by atoms with Crippen molar-refractivity contribution < 1.29 is 14.2 Å². The first-order valence-electron chi connectivity index (χ1n) is 9.80. The van der Waals surface area contributed by atoms with Crippen molar-refractivity contribution in [2.75, 3.05) is 10.2 Å². The number of rotatable bonds is 3. The lowest BCUT2D eigenvalue weighted by molar-refractivity contribution is -0.695. The first kappa shape index (κ1) is 20.3. The molecule has 0 spiro atoms. The van der Waals surface area contributed by atoms with E-state index in [9.17, 15) is 9.59 Å². The van der Waals surface area contributed by atoms with E-state index in [-0.39, 0.29) is 18.4 Å². The molecule has 1 aliphatic heterocycles. The maximum Gasteiger partial charge on any atom is 0.294 e. The maximum atomic E-state index is 13.6. The number of para-hydroxylation sites is 1. The number of benzene rings is 2. The minimum atomic E-state index is -0.777. The van der Waals surface area contributed by atoms with Gasteiger partial charge in [-0.05, 0) is 49.6 Å². The van der Waals surface area contributed by atoms with E-state index in [1.54, 1.807) is 4.90 Å². The fourth-order valence-corrected chi connectivity index (χ4v) is 4.23. The molecular formula is C24H23BrN3O2+. The van der Waals surface area contributed by atoms with Gasteiger partial charge in [-0.2, -0.15) is 4.57 Å². The normalized spacial score (nSPS) is 15.7. The second-order valence-electron chi connectivity index (χ2n) is 7.61. The lowest BCUT2D eigenvalue weighted by atomic mass is 10.0. The van der Waals surface area contributed by atoms with Gasteiger partial charge in [0.25, 0.3) is 11.8 Å². The van der Waals surface area contributed by atoms with Gasteiger partial charge >= 0.3 is 0 Å². The van der Waals surface area contributed by atoms with Gasteiger partial charge in [0.05, 0.1) is 0 Å². The van der Waals surface area contributed by atoms with Crippen molar-refractivity contribution in [3.05, 3.63) is 87.7 Å². The summed E-state index contributed by atoms with van der Waals surface area (Å²) in [5, 5.41) is 3.08. The van der Waals surface area contributed by atoms with Crippen molar-refractivity contribution in [3.8, 4) is 0 Å². The largest absolute Gasteiger partial charge is 0.323 e. The first-order chi connectivity index (χ1) is 14.4. The molecule has 152 valence electrons. The maximum absolute atomic E-state index is 13.6. The number of anilines is 2. The summed E-state index contributed by atoms with van der Waals surface area (Å²) in [6.45, 7) is 6.11. The molecule has 0 saturated carbocycles. The van der Waals surface area contributed by atoms with Crippen LogP contribution in [-0.4, -0.2) is 11.8 Å². The Kier molecular flexibility index (Phi) is 5.43. The zero-order chi connectivity index (χ0) is 21.4. The van der Waals surface area contributed by atoms with Gasteiger partial charge in [-0.1, -0.05) is 46.3 Å². The summed E-state index contributed by atoms with van der Waals surface area (Å²) in [5.74, 6) is -0.367. The Morgan fingerprint density at radius 2 is 1.77 bits per heavy atom. The summed E-state index contributed by atoms with van der Waals surface area (Å²) in [6, 6.07) is 16.5. The first-order valence-corrected chi connectivity index (χ1v) is 10.6. The molecule has 2 amide bonds. The molecule has 0 unspecified atom stereocenters. The summed E-state index contributed by atoms with van der Waals surface area (Å²) >= 11 is 3.55. The predicted molar refractivity (Wildman–Crippen MR) is 120 cm³/mol. The van der Waals surface area contributed by atoms with Gasteiger partial charge in [0.15, 0.2) is 6.20 Å². The number of amides is 2. The SMILES string of the molecule is Cc1ccc(N2C(=O)C[n+]3ccccc3[C@@H]2C(=O)Nc2c(C)cccc2C)cc1Br. The second kappa shape index (κ2) is 8.03. The minimum Gasteiger partial charge on any atom is -0.323 e. The van der Waals surface area contributed by atoms with Crippen molar-refractivity contribution in [1.82, 2.24) is 0 Å². The fourth-order valence-electron chi connectivity index (χ4n) is 3.86. The molecule has 30 heavy (non-hydrogen) atoms. The Morgan fingerprint density at radius 3 is 2.47 bits per heavy atom. The molecule has 1 atom stereocenters. The van der Waals surface area contributed by atoms with Gasteiger partial charge in [0, 0.05) is 28.0 Å². The molecule has 6 heteroatoms. The summed E-state index contributed by atoms with van der Waals surface area (Å²) in [7, 11) is 0. The van der Waals surface area contributed by atoms with Crippen LogP contribution in [0.1, 0.15) is 28.4 Å². The number of nitrogens with zero attached hydrogens (tertiary/aromatic N) is 2. The smallest absolute Gasteiger partial charge is 0.294 e. The molecule has 3 aromatic rings. The number of hydrogen-bond donors (Lipinski definition) is 1. The summed E-state index contributed by atoms with van der Waals surface area (Å²) in [5.41, 5.74) is 5.28. The quantitative estimate of drug-likeness (QED) is 0.584. The van der Waals surface area contributed by atoms with E-state index in [0.717, 1.165) is 32.5 Å². The van der Waals surface area contributed by atoms with E-state index in [4.69, 9.17) is 0 Å². The van der Waals surface area contributed by atoms with E-state index >= 15 is 0 Å². The van der Waals surface area contributed by atoms with Gasteiger partial charge in [0.2, 0.25) is 18.3 Å². The number of aromatic nitrogens is 1. The fraction of sp³-hybridized carbons (Fsp3) is 0.208. The van der Waals surface area contributed by atoms with Crippen LogP contribution in [0.15, 0.2) is 65.3 Å². The Hall–Kier alpha value is -2.99. The third-order valence-electron chi connectivity index (χ3n) is 5.50. The van der Waals surface area contributed by atoms with Gasteiger partial charge in [-0.15, -0.1) is 0 Å². The van der Waals surface area contributed by atoms with Crippen LogP contribution in [0, 0.1) is 20.8 Å². The third kappa shape index (κ3) is 3.63. The number of nitrogens with one attached hydrogen (secondary N) is 1. The van der Waals surface area contributed by atoms with Gasteiger partial charge in [-0.25, -0.2) is 0 Å². The van der Waals surface area contributed by atoms with Crippen molar-refractivity contribution in [1.29, 1.82) is 0 Å². The van der Waals surface area contributed by atoms with Gasteiger partial charge in [-0.3, -0.25) is 14.5 Å². The molecule has 4 rings (SSSR count). The summed E-state index contributed by atoms with van der Waals surface area (Å²) in [4.78, 5) is 28.4. The van der Waals surface area contributed by atoms with E-state index in [0.29, 0.717) is 5.69 Å². The van der Waals surface area contributed by atoms with Crippen molar-refractivity contribution >= 4 is 39.1 Å². The van der Waals surface area contributed by atoms with Crippen LogP contribution < -0.4 is 14.8 Å². The number of hydrogen-bond acceptors (Lipinski definition) is 2. The minimum absolute atomic E-state index is 0.129. The van der Waals surface area contributed by atoms with Gasteiger partial charge < -0.3 is 5.32 Å². The molecule has 0 saturated heterocycles. The Labute approximate surface area is 184 Å². The van der Waals surface area contributed by atoms with E-state index in [2.05, 4.69) is 21.2 Å². The molecule has 0 bridgehead atoms. The average molecular weight is 465 g/mol. The lowest BCUT2D eigenvalue weighted by Crippen LogP contribution is -2.58. The molecule has 2 heterocycles. The number of pyridine rings is 1. The van der Waals surface area contributed by atoms with Crippen molar-refractivity contribution in [2.45, 2.75) is 33.4 Å². The highest BCUT2D eigenvalue weighted by Crippen LogP contribution is 2.33. The summed E-state index contributed by atoms with van der Waals surface area (Å²) < 4.78 is 2.74. The predicted octanol–water partition coefficient (Wildman–Crippen LogP) is 4.39. The Balaban J connectivity index is 1.81. The molecule has 2 aromatic carbocycles. The van der Waals surface area contributed by atoms with Crippen LogP contribution in [0.3, 0.4) is 0 Å². The number of fused-ring (bicyclic) bond motifs is 1. The van der Waals surface area contributed by atoms with Crippen molar-refractivity contribution in [2.24, 2.45) is 0 Å². The average Bonchev–Trinajstić information content (AvgIpc) is 2.72. The summed E-state index contributed by atoms with van der Waals surface area (Å²) in [6.07, 6.45) is 1.84. The monoisotopic (exact) mass is 464 g/mol. The standard InChI is InChI=1S/C24H22BrN3O2/c1-15-10-11-18(13-19(15)25)28-21(29)14-27-12-5-4-9-20(27)23(28)24(30)26-22-16(2)7-6-8-17(22)3/h4-13,23H,14H2,1-3H3/p+1/t23-/m1/s1. The van der Waals surface area contributed by atoms with Gasteiger partial charge in [0.1, 0.15) is 0 Å². The van der Waals surface area contributed by atoms with Crippen LogP contribution >= 0.6 is 15.9 Å². The van der Waals surface area contributed by atoms with E-state index in [1.165, 1.54) is 0 Å². The lowest BCUT2D eigenvalue weighted by Gasteiger charge is -2.32. The molecule has 1 aromatic heterocycles. The Morgan fingerprint density at radius 1 is 1.03 bits per heavy atom. The zero-order valence-electron chi connectivity index (χ0n) is 17.1. The van der Waals surface area contributed by atoms with Crippen LogP contribution in [0.4, 0.5) is 11.4 Å². The highest BCUT2D eigenvalue weighted by atomic mass is 79.9.